The number of rotatable bonds is 7. The summed E-state index contributed by atoms with van der Waals surface area (Å²) in [5.74, 6) is 1.36. The summed E-state index contributed by atoms with van der Waals surface area (Å²) < 4.78 is 10.6. The van der Waals surface area contributed by atoms with E-state index in [9.17, 15) is 4.79 Å². The third-order valence-corrected chi connectivity index (χ3v) is 5.77. The van der Waals surface area contributed by atoms with Crippen molar-refractivity contribution < 1.29 is 14.3 Å². The molecule has 1 N–H and O–H groups in total. The maximum atomic E-state index is 12.2. The van der Waals surface area contributed by atoms with Gasteiger partial charge in [-0.3, -0.25) is 4.79 Å². The minimum absolute atomic E-state index is 0.0346. The highest BCUT2D eigenvalue weighted by Crippen LogP contribution is 2.42. The van der Waals surface area contributed by atoms with Gasteiger partial charge in [0.1, 0.15) is 11.5 Å². The molecule has 3 rings (SSSR count). The molecule has 1 aliphatic carbocycles. The van der Waals surface area contributed by atoms with Gasteiger partial charge in [-0.2, -0.15) is 0 Å². The van der Waals surface area contributed by atoms with Crippen LogP contribution >= 0.6 is 11.3 Å². The fourth-order valence-electron chi connectivity index (χ4n) is 3.28. The average Bonchev–Trinajstić information content (AvgIpc) is 3.30. The van der Waals surface area contributed by atoms with E-state index >= 15 is 0 Å². The molecule has 0 radical (unpaired) electrons. The summed E-state index contributed by atoms with van der Waals surface area (Å²) in [5, 5.41) is 5.18. The van der Waals surface area contributed by atoms with E-state index in [2.05, 4.69) is 22.8 Å². The maximum absolute atomic E-state index is 12.2. The number of methoxy groups -OCH3 is 1. The molecule has 1 amide bonds. The Morgan fingerprint density at radius 2 is 1.88 bits per heavy atom. The lowest BCUT2D eigenvalue weighted by Gasteiger charge is -2.28. The van der Waals surface area contributed by atoms with Crippen molar-refractivity contribution in [3.8, 4) is 11.5 Å². The first kappa shape index (κ1) is 16.8. The van der Waals surface area contributed by atoms with E-state index in [1.54, 1.807) is 30.6 Å². The number of carbonyl (C=O) groups excluding carboxylic acids is 1. The molecule has 0 spiro atoms. The van der Waals surface area contributed by atoms with E-state index in [-0.39, 0.29) is 17.9 Å². The van der Waals surface area contributed by atoms with E-state index in [1.165, 1.54) is 17.7 Å². The second kappa shape index (κ2) is 7.71. The Morgan fingerprint density at radius 1 is 1.17 bits per heavy atom. The molecule has 1 aliphatic rings. The number of amides is 1. The van der Waals surface area contributed by atoms with Gasteiger partial charge in [-0.25, -0.2) is 0 Å². The summed E-state index contributed by atoms with van der Waals surface area (Å²) in [6.07, 6.45) is 4.76. The number of thiophene rings is 1. The SMILES string of the molecule is COc1ccc(OCC(=O)NCC2(c3cccs3)CCCC2)cc1. The van der Waals surface area contributed by atoms with Crippen molar-refractivity contribution in [3.63, 3.8) is 0 Å². The van der Waals surface area contributed by atoms with E-state index < -0.39 is 0 Å². The van der Waals surface area contributed by atoms with Crippen LogP contribution < -0.4 is 14.8 Å². The Balaban J connectivity index is 1.51. The average molecular weight is 345 g/mol. The van der Waals surface area contributed by atoms with E-state index in [1.807, 2.05) is 12.1 Å². The van der Waals surface area contributed by atoms with Gasteiger partial charge in [-0.1, -0.05) is 18.9 Å². The Hall–Kier alpha value is -2.01. The van der Waals surface area contributed by atoms with Gasteiger partial charge in [0, 0.05) is 16.8 Å². The quantitative estimate of drug-likeness (QED) is 0.831. The van der Waals surface area contributed by atoms with Crippen molar-refractivity contribution in [2.24, 2.45) is 0 Å². The van der Waals surface area contributed by atoms with Gasteiger partial charge in [0.15, 0.2) is 6.61 Å². The number of carbonyl (C=O) groups is 1. The van der Waals surface area contributed by atoms with Crippen LogP contribution in [0.4, 0.5) is 0 Å². The topological polar surface area (TPSA) is 47.6 Å². The van der Waals surface area contributed by atoms with E-state index in [4.69, 9.17) is 9.47 Å². The lowest BCUT2D eigenvalue weighted by Crippen LogP contribution is -2.40. The van der Waals surface area contributed by atoms with Gasteiger partial charge in [0.25, 0.3) is 5.91 Å². The lowest BCUT2D eigenvalue weighted by molar-refractivity contribution is -0.123. The number of benzene rings is 1. The normalized spacial score (nSPS) is 15.9. The highest BCUT2D eigenvalue weighted by atomic mass is 32.1. The van der Waals surface area contributed by atoms with Crippen LogP contribution in [0.2, 0.25) is 0 Å². The van der Waals surface area contributed by atoms with Crippen LogP contribution in [0, 0.1) is 0 Å². The standard InChI is InChI=1S/C19H23NO3S/c1-22-15-6-8-16(9-7-15)23-13-18(21)20-14-19(10-2-3-11-19)17-5-4-12-24-17/h4-9,12H,2-3,10-11,13-14H2,1H3,(H,20,21). The van der Waals surface area contributed by atoms with Gasteiger partial charge in [0.2, 0.25) is 0 Å². The van der Waals surface area contributed by atoms with Gasteiger partial charge in [-0.05, 0) is 48.6 Å². The zero-order valence-corrected chi connectivity index (χ0v) is 14.7. The summed E-state index contributed by atoms with van der Waals surface area (Å²) in [4.78, 5) is 13.5. The highest BCUT2D eigenvalue weighted by molar-refractivity contribution is 7.10. The minimum atomic E-state index is -0.0753. The van der Waals surface area contributed by atoms with Gasteiger partial charge in [-0.15, -0.1) is 11.3 Å². The summed E-state index contributed by atoms with van der Waals surface area (Å²) in [5.41, 5.74) is 0.115. The predicted molar refractivity (Wildman–Crippen MR) is 96.0 cm³/mol. The molecule has 2 aromatic rings. The van der Waals surface area contributed by atoms with E-state index in [0.29, 0.717) is 12.3 Å². The molecule has 1 fully saturated rings. The summed E-state index contributed by atoms with van der Waals surface area (Å²) in [6.45, 7) is 0.727. The minimum Gasteiger partial charge on any atom is -0.497 e. The molecule has 128 valence electrons. The second-order valence-corrected chi connectivity index (χ2v) is 7.15. The van der Waals surface area contributed by atoms with Crippen LogP contribution in [0.1, 0.15) is 30.6 Å². The number of hydrogen-bond acceptors (Lipinski definition) is 4. The molecule has 0 saturated heterocycles. The first-order chi connectivity index (χ1) is 11.7. The molecular formula is C19H23NO3S. The van der Waals surface area contributed by atoms with Crippen LogP contribution in [-0.4, -0.2) is 26.2 Å². The summed E-state index contributed by atoms with van der Waals surface area (Å²) in [6, 6.07) is 11.5. The molecule has 0 aliphatic heterocycles. The number of hydrogen-bond donors (Lipinski definition) is 1. The molecule has 5 heteroatoms. The molecule has 1 saturated carbocycles. The molecule has 24 heavy (non-hydrogen) atoms. The van der Waals surface area contributed by atoms with Crippen molar-refractivity contribution in [3.05, 3.63) is 46.7 Å². The molecule has 4 nitrogen and oxygen atoms in total. The van der Waals surface area contributed by atoms with Gasteiger partial charge >= 0.3 is 0 Å². The highest BCUT2D eigenvalue weighted by Gasteiger charge is 2.36. The number of nitrogens with one attached hydrogen (secondary N) is 1. The molecular weight excluding hydrogens is 322 g/mol. The Labute approximate surface area is 146 Å². The molecule has 0 bridgehead atoms. The number of ether oxygens (including phenoxy) is 2. The van der Waals surface area contributed by atoms with Crippen LogP contribution in [0.15, 0.2) is 41.8 Å². The van der Waals surface area contributed by atoms with Crippen molar-refractivity contribution in [1.29, 1.82) is 0 Å². The Bertz CT molecular complexity index is 646. The zero-order valence-electron chi connectivity index (χ0n) is 13.9. The lowest BCUT2D eigenvalue weighted by atomic mass is 9.84. The molecule has 1 heterocycles. The fraction of sp³-hybridized carbons (Fsp3) is 0.421. The zero-order chi connectivity index (χ0) is 16.8. The summed E-state index contributed by atoms with van der Waals surface area (Å²) in [7, 11) is 1.62. The molecule has 0 unspecified atom stereocenters. The largest absolute Gasteiger partial charge is 0.497 e. The Morgan fingerprint density at radius 3 is 2.50 bits per heavy atom. The van der Waals surface area contributed by atoms with Crippen LogP contribution in [-0.2, 0) is 10.2 Å². The van der Waals surface area contributed by atoms with Crippen molar-refractivity contribution >= 4 is 17.2 Å². The predicted octanol–water partition coefficient (Wildman–Crippen LogP) is 3.76. The molecule has 1 aromatic heterocycles. The van der Waals surface area contributed by atoms with Gasteiger partial charge < -0.3 is 14.8 Å². The monoisotopic (exact) mass is 345 g/mol. The van der Waals surface area contributed by atoms with Crippen LogP contribution in [0.25, 0.3) is 0 Å². The van der Waals surface area contributed by atoms with Crippen LogP contribution in [0.5, 0.6) is 11.5 Å². The molecule has 1 aromatic carbocycles. The fourth-order valence-corrected chi connectivity index (χ4v) is 4.27. The van der Waals surface area contributed by atoms with Crippen LogP contribution in [0.3, 0.4) is 0 Å². The van der Waals surface area contributed by atoms with Crippen molar-refractivity contribution in [2.45, 2.75) is 31.1 Å². The summed E-state index contributed by atoms with van der Waals surface area (Å²) >= 11 is 1.79. The third-order valence-electron chi connectivity index (χ3n) is 4.66. The van der Waals surface area contributed by atoms with Crippen molar-refractivity contribution in [1.82, 2.24) is 5.32 Å². The molecule has 0 atom stereocenters. The second-order valence-electron chi connectivity index (χ2n) is 6.21. The smallest absolute Gasteiger partial charge is 0.257 e. The van der Waals surface area contributed by atoms with Crippen molar-refractivity contribution in [2.75, 3.05) is 20.3 Å². The third kappa shape index (κ3) is 3.90. The Kier molecular flexibility index (Phi) is 5.41. The first-order valence-electron chi connectivity index (χ1n) is 8.29. The first-order valence-corrected chi connectivity index (χ1v) is 9.17. The van der Waals surface area contributed by atoms with Gasteiger partial charge in [0.05, 0.1) is 7.11 Å². The maximum Gasteiger partial charge on any atom is 0.257 e. The van der Waals surface area contributed by atoms with E-state index in [0.717, 1.165) is 18.6 Å².